The Hall–Kier alpha value is -4.49. The summed E-state index contributed by atoms with van der Waals surface area (Å²) in [4.78, 5) is 44.5. The third-order valence-electron chi connectivity index (χ3n) is 8.99. The Morgan fingerprint density at radius 2 is 2.05 bits per heavy atom. The van der Waals surface area contributed by atoms with Crippen molar-refractivity contribution in [2.24, 2.45) is 7.05 Å². The van der Waals surface area contributed by atoms with Crippen LogP contribution in [0.15, 0.2) is 16.9 Å². The monoisotopic (exact) mass is 574 g/mol. The quantitative estimate of drug-likeness (QED) is 0.271. The van der Waals surface area contributed by atoms with E-state index < -0.39 is 41.5 Å². The lowest BCUT2D eigenvalue weighted by Gasteiger charge is -2.31. The molecule has 0 unspecified atom stereocenters. The van der Waals surface area contributed by atoms with Gasteiger partial charge in [-0.1, -0.05) is 12.1 Å². The first-order valence-electron chi connectivity index (χ1n) is 13.7. The fourth-order valence-electron chi connectivity index (χ4n) is 6.66. The Morgan fingerprint density at radius 1 is 1.26 bits per heavy atom. The molecular weight excluding hydrogens is 547 g/mol. The molecule has 0 bridgehead atoms. The zero-order chi connectivity index (χ0) is 29.7. The second-order valence-corrected chi connectivity index (χ2v) is 11.0. The molecule has 1 amide bonds. The molecule has 3 aromatic heterocycles. The van der Waals surface area contributed by atoms with Gasteiger partial charge in [-0.3, -0.25) is 9.59 Å². The Balaban J connectivity index is 1.45. The van der Waals surface area contributed by atoms with E-state index in [1.165, 1.54) is 15.3 Å². The van der Waals surface area contributed by atoms with Crippen LogP contribution in [0.25, 0.3) is 22.3 Å². The van der Waals surface area contributed by atoms with Crippen molar-refractivity contribution in [2.75, 3.05) is 0 Å². The van der Waals surface area contributed by atoms with E-state index in [0.717, 1.165) is 16.5 Å². The summed E-state index contributed by atoms with van der Waals surface area (Å²) in [6.07, 6.45) is 0.935. The number of carbonyl (C=O) groups excluding carboxylic acids is 2. The summed E-state index contributed by atoms with van der Waals surface area (Å²) in [7, 11) is 1.58. The number of ether oxygens (including phenoxy) is 1. The van der Waals surface area contributed by atoms with Gasteiger partial charge in [-0.25, -0.2) is 18.9 Å². The Bertz CT molecular complexity index is 1950. The van der Waals surface area contributed by atoms with E-state index in [4.69, 9.17) is 9.72 Å². The predicted molar refractivity (Wildman–Crippen MR) is 145 cm³/mol. The number of aliphatic hydroxyl groups excluding tert-OH is 1. The van der Waals surface area contributed by atoms with Crippen molar-refractivity contribution in [3.63, 3.8) is 0 Å². The maximum Gasteiger partial charge on any atom is 0.343 e. The number of aromatic nitrogens is 5. The summed E-state index contributed by atoms with van der Waals surface area (Å²) < 4.78 is 23.1. The van der Waals surface area contributed by atoms with E-state index in [1.54, 1.807) is 27.0 Å². The number of benzene rings is 1. The second kappa shape index (κ2) is 9.00. The van der Waals surface area contributed by atoms with Gasteiger partial charge in [0.05, 0.1) is 47.4 Å². The number of nitrogens with one attached hydrogen (secondary N) is 1. The zero-order valence-corrected chi connectivity index (χ0v) is 23.1. The summed E-state index contributed by atoms with van der Waals surface area (Å²) in [5, 5.41) is 32.5. The van der Waals surface area contributed by atoms with E-state index in [2.05, 4.69) is 15.6 Å². The van der Waals surface area contributed by atoms with Gasteiger partial charge >= 0.3 is 5.97 Å². The number of fused-ring (bicyclic) bond motifs is 5. The van der Waals surface area contributed by atoms with Crippen molar-refractivity contribution in [2.45, 2.75) is 64.5 Å². The van der Waals surface area contributed by atoms with Crippen LogP contribution >= 0.6 is 0 Å². The minimum atomic E-state index is -1.98. The highest BCUT2D eigenvalue weighted by molar-refractivity contribution is 5.96. The van der Waals surface area contributed by atoms with Gasteiger partial charge < -0.3 is 24.8 Å². The molecular formula is C29H27FN6O6. The average molecular weight is 575 g/mol. The highest BCUT2D eigenvalue weighted by Gasteiger charge is 2.46. The van der Waals surface area contributed by atoms with Crippen molar-refractivity contribution in [3.05, 3.63) is 73.1 Å². The molecule has 3 aliphatic rings. The number of halogens is 1. The van der Waals surface area contributed by atoms with Crippen LogP contribution in [0, 0.1) is 12.7 Å². The van der Waals surface area contributed by atoms with Crippen molar-refractivity contribution in [3.8, 4) is 11.4 Å². The van der Waals surface area contributed by atoms with E-state index in [0.29, 0.717) is 40.9 Å². The summed E-state index contributed by atoms with van der Waals surface area (Å²) in [5.41, 5.74) is 2.12. The van der Waals surface area contributed by atoms with Crippen LogP contribution in [-0.4, -0.2) is 46.6 Å². The van der Waals surface area contributed by atoms with Crippen LogP contribution in [-0.2, 0) is 48.4 Å². The van der Waals surface area contributed by atoms with Gasteiger partial charge in [-0.05, 0) is 48.9 Å². The van der Waals surface area contributed by atoms with Crippen LogP contribution in [0.3, 0.4) is 0 Å². The molecule has 42 heavy (non-hydrogen) atoms. The molecule has 216 valence electrons. The van der Waals surface area contributed by atoms with Gasteiger partial charge in [0.1, 0.15) is 12.4 Å². The van der Waals surface area contributed by atoms with Crippen LogP contribution in [0.4, 0.5) is 4.39 Å². The number of aliphatic hydroxyl groups is 2. The minimum Gasteiger partial charge on any atom is -0.458 e. The molecule has 0 saturated heterocycles. The number of hydrogen-bond donors (Lipinski definition) is 3. The van der Waals surface area contributed by atoms with E-state index in [9.17, 15) is 24.6 Å². The highest BCUT2D eigenvalue weighted by Crippen LogP contribution is 2.46. The zero-order valence-electron chi connectivity index (χ0n) is 23.1. The maximum atomic E-state index is 15.1. The molecule has 4 aromatic rings. The van der Waals surface area contributed by atoms with Crippen molar-refractivity contribution >= 4 is 22.8 Å². The molecule has 2 atom stereocenters. The van der Waals surface area contributed by atoms with Crippen LogP contribution in [0.5, 0.6) is 0 Å². The largest absolute Gasteiger partial charge is 0.458 e. The number of amides is 1. The van der Waals surface area contributed by atoms with Crippen molar-refractivity contribution in [1.29, 1.82) is 0 Å². The number of carbonyl (C=O) groups is 2. The molecule has 5 heterocycles. The number of rotatable bonds is 4. The molecule has 3 N–H and O–H groups in total. The number of nitrogens with zero attached hydrogens (tertiary/aromatic N) is 5. The minimum absolute atomic E-state index is 0.00118. The summed E-state index contributed by atoms with van der Waals surface area (Å²) >= 11 is 0. The van der Waals surface area contributed by atoms with Gasteiger partial charge in [-0.15, -0.1) is 5.10 Å². The van der Waals surface area contributed by atoms with Crippen LogP contribution in [0.2, 0.25) is 0 Å². The number of esters is 1. The molecule has 12 nitrogen and oxygen atoms in total. The standard InChI is InChI=1S/C29H27FN6O6/c1-4-29(41)16-7-20-24-14(9-36(20)27(39)15(16)11-42-28(29)40)23-18(32-26(38)25-21(10-37)35(3)34-33-25)6-5-13-12(2)17(30)8-19(31-24)22(13)23/h7-8,18,37,41H,4-6,9-11H2,1-3H3,(H,32,38)/t18-,29-/m0/s1. The summed E-state index contributed by atoms with van der Waals surface area (Å²) in [6.45, 7) is 2.79. The molecule has 0 fully saturated rings. The van der Waals surface area contributed by atoms with Gasteiger partial charge in [0.15, 0.2) is 11.3 Å². The molecule has 13 heteroatoms. The van der Waals surface area contributed by atoms with E-state index in [1.807, 2.05) is 0 Å². The smallest absolute Gasteiger partial charge is 0.343 e. The molecule has 2 aliphatic heterocycles. The maximum absolute atomic E-state index is 15.1. The second-order valence-electron chi connectivity index (χ2n) is 11.0. The van der Waals surface area contributed by atoms with E-state index in [-0.39, 0.29) is 42.1 Å². The third-order valence-corrected chi connectivity index (χ3v) is 8.99. The molecule has 0 spiro atoms. The first-order valence-corrected chi connectivity index (χ1v) is 13.7. The first kappa shape index (κ1) is 26.4. The lowest BCUT2D eigenvalue weighted by Crippen LogP contribution is -2.44. The Kier molecular flexibility index (Phi) is 5.66. The average Bonchev–Trinajstić information content (AvgIpc) is 3.54. The number of cyclic esters (lactones) is 1. The topological polar surface area (TPSA) is 161 Å². The van der Waals surface area contributed by atoms with E-state index >= 15 is 4.39 Å². The first-order chi connectivity index (χ1) is 20.1. The molecule has 0 saturated carbocycles. The molecule has 0 radical (unpaired) electrons. The van der Waals surface area contributed by atoms with Gasteiger partial charge in [-0.2, -0.15) is 0 Å². The molecule has 1 aliphatic carbocycles. The predicted octanol–water partition coefficient (Wildman–Crippen LogP) is 1.57. The van der Waals surface area contributed by atoms with Crippen molar-refractivity contribution in [1.82, 2.24) is 29.9 Å². The van der Waals surface area contributed by atoms with Gasteiger partial charge in [0.2, 0.25) is 0 Å². The fourth-order valence-corrected chi connectivity index (χ4v) is 6.66. The SMILES string of the molecule is CC[C@@]1(O)C(=O)OCc2c1cc1n(c2=O)Cc2c-1nc1cc(F)c(C)c3c1c2[C@@H](NC(=O)c1nnn(C)c1CO)CC3. The number of aryl methyl sites for hydroxylation is 2. The Labute approximate surface area is 237 Å². The summed E-state index contributed by atoms with van der Waals surface area (Å²) in [5.74, 6) is -1.75. The number of hydrogen-bond acceptors (Lipinski definition) is 9. The van der Waals surface area contributed by atoms with Gasteiger partial charge in [0, 0.05) is 29.6 Å². The molecule has 7 rings (SSSR count). The fraction of sp³-hybridized carbons (Fsp3) is 0.379. The lowest BCUT2D eigenvalue weighted by atomic mass is 9.81. The third kappa shape index (κ3) is 3.40. The Morgan fingerprint density at radius 3 is 2.79 bits per heavy atom. The highest BCUT2D eigenvalue weighted by atomic mass is 19.1. The molecule has 1 aromatic carbocycles. The van der Waals surface area contributed by atoms with Crippen LogP contribution < -0.4 is 10.9 Å². The number of pyridine rings is 2. The van der Waals surface area contributed by atoms with Gasteiger partial charge in [0.25, 0.3) is 11.5 Å². The van der Waals surface area contributed by atoms with Crippen LogP contribution in [0.1, 0.15) is 75.4 Å². The normalized spacial score (nSPS) is 20.2. The van der Waals surface area contributed by atoms with Crippen molar-refractivity contribution < 1.29 is 28.9 Å². The summed E-state index contributed by atoms with van der Waals surface area (Å²) in [6, 6.07) is 2.42. The lowest BCUT2D eigenvalue weighted by molar-refractivity contribution is -0.172.